The average molecular weight is 157 g/mol. The second kappa shape index (κ2) is 4.34. The van der Waals surface area contributed by atoms with Gasteiger partial charge in [-0.05, 0) is 25.7 Å². The standard InChI is InChI=1S/C8H15NO2/c1-2-11-6-8(10)9-5-7-3-4-7/h7H,2-6H2,1H3,(H,9,10). The molecule has 11 heavy (non-hydrogen) atoms. The van der Waals surface area contributed by atoms with Gasteiger partial charge in [-0.25, -0.2) is 0 Å². The van der Waals surface area contributed by atoms with E-state index in [9.17, 15) is 4.79 Å². The molecule has 0 aliphatic heterocycles. The first-order valence-electron chi connectivity index (χ1n) is 4.17. The molecule has 0 bridgehead atoms. The second-order valence-electron chi connectivity index (χ2n) is 2.88. The third-order valence-corrected chi connectivity index (χ3v) is 1.72. The van der Waals surface area contributed by atoms with Crippen molar-refractivity contribution >= 4 is 5.91 Å². The van der Waals surface area contributed by atoms with Gasteiger partial charge in [-0.3, -0.25) is 4.79 Å². The van der Waals surface area contributed by atoms with E-state index >= 15 is 0 Å². The highest BCUT2D eigenvalue weighted by atomic mass is 16.5. The molecule has 0 aromatic carbocycles. The molecule has 0 saturated heterocycles. The van der Waals surface area contributed by atoms with Gasteiger partial charge in [0.15, 0.2) is 0 Å². The summed E-state index contributed by atoms with van der Waals surface area (Å²) in [6.07, 6.45) is 2.55. The van der Waals surface area contributed by atoms with Crippen LogP contribution in [0.1, 0.15) is 19.8 Å². The topological polar surface area (TPSA) is 38.3 Å². The predicted molar refractivity (Wildman–Crippen MR) is 42.2 cm³/mol. The van der Waals surface area contributed by atoms with E-state index in [1.807, 2.05) is 6.92 Å². The lowest BCUT2D eigenvalue weighted by Gasteiger charge is -2.02. The minimum absolute atomic E-state index is 0.0127. The van der Waals surface area contributed by atoms with Crippen molar-refractivity contribution in [3.63, 3.8) is 0 Å². The zero-order valence-corrected chi connectivity index (χ0v) is 6.93. The van der Waals surface area contributed by atoms with Crippen LogP contribution in [-0.2, 0) is 9.53 Å². The van der Waals surface area contributed by atoms with E-state index < -0.39 is 0 Å². The molecular weight excluding hydrogens is 142 g/mol. The number of rotatable bonds is 5. The van der Waals surface area contributed by atoms with Crippen molar-refractivity contribution in [2.45, 2.75) is 19.8 Å². The predicted octanol–water partition coefficient (Wildman–Crippen LogP) is 0.549. The molecule has 3 heteroatoms. The number of nitrogens with one attached hydrogen (secondary N) is 1. The number of hydrogen-bond acceptors (Lipinski definition) is 2. The van der Waals surface area contributed by atoms with Crippen LogP contribution in [0.15, 0.2) is 0 Å². The molecule has 3 nitrogen and oxygen atoms in total. The van der Waals surface area contributed by atoms with Crippen molar-refractivity contribution in [3.05, 3.63) is 0 Å². The maximum Gasteiger partial charge on any atom is 0.246 e. The molecule has 0 unspecified atom stereocenters. The lowest BCUT2D eigenvalue weighted by atomic mass is 10.4. The summed E-state index contributed by atoms with van der Waals surface area (Å²) in [4.78, 5) is 10.9. The van der Waals surface area contributed by atoms with Crippen LogP contribution in [0.4, 0.5) is 0 Å². The molecular formula is C8H15NO2. The zero-order valence-electron chi connectivity index (χ0n) is 6.93. The molecule has 0 radical (unpaired) electrons. The number of ether oxygens (including phenoxy) is 1. The van der Waals surface area contributed by atoms with Crippen LogP contribution in [0, 0.1) is 5.92 Å². The Morgan fingerprint density at radius 1 is 1.64 bits per heavy atom. The Hall–Kier alpha value is -0.570. The van der Waals surface area contributed by atoms with Gasteiger partial charge in [0.1, 0.15) is 6.61 Å². The van der Waals surface area contributed by atoms with Crippen LogP contribution < -0.4 is 5.32 Å². The van der Waals surface area contributed by atoms with Crippen molar-refractivity contribution < 1.29 is 9.53 Å². The smallest absolute Gasteiger partial charge is 0.246 e. The summed E-state index contributed by atoms with van der Waals surface area (Å²) in [5, 5.41) is 2.82. The third kappa shape index (κ3) is 3.98. The Morgan fingerprint density at radius 3 is 2.91 bits per heavy atom. The molecule has 0 atom stereocenters. The van der Waals surface area contributed by atoms with Crippen molar-refractivity contribution in [1.82, 2.24) is 5.32 Å². The molecule has 0 aromatic heterocycles. The monoisotopic (exact) mass is 157 g/mol. The average Bonchev–Trinajstić information content (AvgIpc) is 2.80. The minimum Gasteiger partial charge on any atom is -0.372 e. The maximum absolute atomic E-state index is 10.9. The number of carbonyl (C=O) groups is 1. The van der Waals surface area contributed by atoms with Crippen molar-refractivity contribution in [1.29, 1.82) is 0 Å². The summed E-state index contributed by atoms with van der Waals surface area (Å²) in [7, 11) is 0. The maximum atomic E-state index is 10.9. The Kier molecular flexibility index (Phi) is 3.36. The molecule has 0 aromatic rings. The molecule has 1 aliphatic carbocycles. The number of carbonyl (C=O) groups excluding carboxylic acids is 1. The summed E-state index contributed by atoms with van der Waals surface area (Å²) in [5.41, 5.74) is 0. The van der Waals surface area contributed by atoms with E-state index in [0.29, 0.717) is 6.61 Å². The van der Waals surface area contributed by atoms with Gasteiger partial charge in [0, 0.05) is 13.2 Å². The zero-order chi connectivity index (χ0) is 8.10. The van der Waals surface area contributed by atoms with Gasteiger partial charge in [0.25, 0.3) is 0 Å². The first-order chi connectivity index (χ1) is 5.33. The van der Waals surface area contributed by atoms with Gasteiger partial charge in [0.05, 0.1) is 0 Å². The van der Waals surface area contributed by atoms with Gasteiger partial charge in [-0.2, -0.15) is 0 Å². The van der Waals surface area contributed by atoms with E-state index in [-0.39, 0.29) is 12.5 Å². The summed E-state index contributed by atoms with van der Waals surface area (Å²) < 4.78 is 4.94. The fourth-order valence-corrected chi connectivity index (χ4v) is 0.826. The first-order valence-corrected chi connectivity index (χ1v) is 4.17. The molecule has 64 valence electrons. The van der Waals surface area contributed by atoms with Crippen LogP contribution in [0.3, 0.4) is 0 Å². The molecule has 1 amide bonds. The quantitative estimate of drug-likeness (QED) is 0.633. The Bertz CT molecular complexity index is 132. The van der Waals surface area contributed by atoms with Gasteiger partial charge in [-0.15, -0.1) is 0 Å². The van der Waals surface area contributed by atoms with Gasteiger partial charge in [-0.1, -0.05) is 0 Å². The highest BCUT2D eigenvalue weighted by molar-refractivity contribution is 5.77. The van der Waals surface area contributed by atoms with E-state index in [2.05, 4.69) is 5.32 Å². The lowest BCUT2D eigenvalue weighted by Crippen LogP contribution is -2.29. The first kappa shape index (κ1) is 8.53. The van der Waals surface area contributed by atoms with Crippen LogP contribution in [0.5, 0.6) is 0 Å². The Morgan fingerprint density at radius 2 is 2.36 bits per heavy atom. The van der Waals surface area contributed by atoms with E-state index in [1.54, 1.807) is 0 Å². The summed E-state index contributed by atoms with van der Waals surface area (Å²) in [6.45, 7) is 3.54. The fourth-order valence-electron chi connectivity index (χ4n) is 0.826. The van der Waals surface area contributed by atoms with Crippen molar-refractivity contribution in [2.24, 2.45) is 5.92 Å². The highest BCUT2D eigenvalue weighted by Crippen LogP contribution is 2.27. The van der Waals surface area contributed by atoms with Crippen molar-refractivity contribution in [3.8, 4) is 0 Å². The molecule has 0 heterocycles. The van der Waals surface area contributed by atoms with E-state index in [4.69, 9.17) is 4.74 Å². The fraction of sp³-hybridized carbons (Fsp3) is 0.875. The largest absolute Gasteiger partial charge is 0.372 e. The summed E-state index contributed by atoms with van der Waals surface area (Å²) in [5.74, 6) is 0.763. The Balaban J connectivity index is 1.91. The summed E-state index contributed by atoms with van der Waals surface area (Å²) in [6, 6.07) is 0. The van der Waals surface area contributed by atoms with E-state index in [0.717, 1.165) is 12.5 Å². The normalized spacial score (nSPS) is 16.5. The molecule has 0 spiro atoms. The molecule has 1 N–H and O–H groups in total. The SMILES string of the molecule is CCOCC(=O)NCC1CC1. The number of amides is 1. The highest BCUT2D eigenvalue weighted by Gasteiger charge is 2.21. The second-order valence-corrected chi connectivity index (χ2v) is 2.88. The van der Waals surface area contributed by atoms with Crippen LogP contribution >= 0.6 is 0 Å². The molecule has 1 aliphatic rings. The lowest BCUT2D eigenvalue weighted by molar-refractivity contribution is -0.125. The van der Waals surface area contributed by atoms with Gasteiger partial charge < -0.3 is 10.1 Å². The van der Waals surface area contributed by atoms with Crippen LogP contribution in [-0.4, -0.2) is 25.7 Å². The van der Waals surface area contributed by atoms with Gasteiger partial charge >= 0.3 is 0 Å². The molecule has 1 saturated carbocycles. The van der Waals surface area contributed by atoms with Crippen LogP contribution in [0.25, 0.3) is 0 Å². The molecule has 1 fully saturated rings. The summed E-state index contributed by atoms with van der Waals surface area (Å²) >= 11 is 0. The Labute approximate surface area is 67.1 Å². The number of hydrogen-bond donors (Lipinski definition) is 1. The van der Waals surface area contributed by atoms with Gasteiger partial charge in [0.2, 0.25) is 5.91 Å². The van der Waals surface area contributed by atoms with E-state index in [1.165, 1.54) is 12.8 Å². The minimum atomic E-state index is 0.0127. The third-order valence-electron chi connectivity index (χ3n) is 1.72. The molecule has 1 rings (SSSR count). The van der Waals surface area contributed by atoms with Crippen molar-refractivity contribution in [2.75, 3.05) is 19.8 Å². The van der Waals surface area contributed by atoms with Crippen LogP contribution in [0.2, 0.25) is 0 Å².